The van der Waals surface area contributed by atoms with E-state index in [0.717, 1.165) is 5.75 Å². The number of rotatable bonds is 5. The molecule has 0 aromatic heterocycles. The molecule has 4 heteroatoms. The topological polar surface area (TPSA) is 46.5 Å². The fourth-order valence-corrected chi connectivity index (χ4v) is 3.42. The number of thioether (sulfide) groups is 1. The highest BCUT2D eigenvalue weighted by Gasteiger charge is 2.47. The lowest BCUT2D eigenvalue weighted by Gasteiger charge is -2.27. The van der Waals surface area contributed by atoms with Crippen molar-refractivity contribution in [2.75, 3.05) is 12.4 Å². The monoisotopic (exact) mass is 266 g/mol. The van der Waals surface area contributed by atoms with E-state index < -0.39 is 11.4 Å². The number of benzene rings is 1. The van der Waals surface area contributed by atoms with Crippen LogP contribution in [0.4, 0.5) is 0 Å². The molecule has 2 atom stereocenters. The minimum atomic E-state index is -0.721. The first-order valence-corrected chi connectivity index (χ1v) is 7.16. The van der Waals surface area contributed by atoms with Crippen molar-refractivity contribution in [1.29, 1.82) is 0 Å². The molecule has 0 radical (unpaired) electrons. The third kappa shape index (κ3) is 2.70. The van der Waals surface area contributed by atoms with Crippen LogP contribution in [0.25, 0.3) is 0 Å². The molecule has 1 N–H and O–H groups in total. The van der Waals surface area contributed by atoms with Crippen LogP contribution in [0.2, 0.25) is 0 Å². The summed E-state index contributed by atoms with van der Waals surface area (Å²) in [6.07, 6.45) is 1.09. The zero-order valence-corrected chi connectivity index (χ0v) is 11.3. The van der Waals surface area contributed by atoms with E-state index >= 15 is 0 Å². The fraction of sp³-hybridized carbons (Fsp3) is 0.500. The van der Waals surface area contributed by atoms with Gasteiger partial charge in [-0.15, -0.1) is 11.8 Å². The van der Waals surface area contributed by atoms with Crippen LogP contribution in [0.1, 0.15) is 19.8 Å². The molecule has 1 saturated heterocycles. The molecule has 98 valence electrons. The summed E-state index contributed by atoms with van der Waals surface area (Å²) in [5.74, 6) is 0.0884. The van der Waals surface area contributed by atoms with Crippen molar-refractivity contribution in [3.8, 4) is 0 Å². The molecule has 3 nitrogen and oxygen atoms in total. The SMILES string of the molecule is CC1OCCC1(CCSc1ccccc1)C(=O)O. The van der Waals surface area contributed by atoms with Crippen LogP contribution in [-0.2, 0) is 9.53 Å². The van der Waals surface area contributed by atoms with Gasteiger partial charge in [0.05, 0.1) is 11.5 Å². The Labute approximate surface area is 112 Å². The molecule has 2 unspecified atom stereocenters. The Morgan fingerprint density at radius 2 is 2.22 bits per heavy atom. The zero-order valence-electron chi connectivity index (χ0n) is 10.5. The molecular weight excluding hydrogens is 248 g/mol. The van der Waals surface area contributed by atoms with Gasteiger partial charge in [0.2, 0.25) is 0 Å². The zero-order chi connectivity index (χ0) is 13.0. The van der Waals surface area contributed by atoms with Crippen molar-refractivity contribution in [1.82, 2.24) is 0 Å². The van der Waals surface area contributed by atoms with Crippen LogP contribution in [0.15, 0.2) is 35.2 Å². The van der Waals surface area contributed by atoms with Gasteiger partial charge in [-0.05, 0) is 37.7 Å². The average molecular weight is 266 g/mol. The Hall–Kier alpha value is -1.00. The Morgan fingerprint density at radius 1 is 1.50 bits per heavy atom. The Morgan fingerprint density at radius 3 is 2.78 bits per heavy atom. The van der Waals surface area contributed by atoms with Crippen molar-refractivity contribution in [3.63, 3.8) is 0 Å². The number of carboxylic acid groups (broad SMARTS) is 1. The van der Waals surface area contributed by atoms with Crippen LogP contribution in [-0.4, -0.2) is 29.5 Å². The molecule has 1 aromatic carbocycles. The minimum absolute atomic E-state index is 0.189. The maximum atomic E-state index is 11.5. The molecule has 0 amide bonds. The molecule has 0 aliphatic carbocycles. The Kier molecular flexibility index (Phi) is 4.30. The third-order valence-electron chi connectivity index (χ3n) is 3.68. The first-order valence-electron chi connectivity index (χ1n) is 6.18. The van der Waals surface area contributed by atoms with Gasteiger partial charge in [-0.1, -0.05) is 18.2 Å². The number of carbonyl (C=O) groups is 1. The van der Waals surface area contributed by atoms with Gasteiger partial charge >= 0.3 is 5.97 Å². The van der Waals surface area contributed by atoms with Gasteiger partial charge < -0.3 is 9.84 Å². The lowest BCUT2D eigenvalue weighted by Crippen LogP contribution is -2.37. The average Bonchev–Trinajstić information content (AvgIpc) is 2.73. The summed E-state index contributed by atoms with van der Waals surface area (Å²) >= 11 is 1.71. The van der Waals surface area contributed by atoms with Crippen LogP contribution in [0, 0.1) is 5.41 Å². The van der Waals surface area contributed by atoms with Gasteiger partial charge in [-0.2, -0.15) is 0 Å². The second-order valence-corrected chi connectivity index (χ2v) is 5.80. The van der Waals surface area contributed by atoms with Gasteiger partial charge in [-0.25, -0.2) is 0 Å². The standard InChI is InChI=1S/C14H18O3S/c1-11-14(13(15)16,7-9-17-11)8-10-18-12-5-3-2-4-6-12/h2-6,11H,7-10H2,1H3,(H,15,16). The summed E-state index contributed by atoms with van der Waals surface area (Å²) in [7, 11) is 0. The molecular formula is C14H18O3S. The number of hydrogen-bond donors (Lipinski definition) is 1. The summed E-state index contributed by atoms with van der Waals surface area (Å²) in [6.45, 7) is 2.43. The van der Waals surface area contributed by atoms with E-state index in [4.69, 9.17) is 4.74 Å². The lowest BCUT2D eigenvalue weighted by atomic mass is 9.79. The maximum absolute atomic E-state index is 11.5. The van der Waals surface area contributed by atoms with Gasteiger partial charge in [0.1, 0.15) is 0 Å². The molecule has 1 fully saturated rings. The highest BCUT2D eigenvalue weighted by atomic mass is 32.2. The van der Waals surface area contributed by atoms with E-state index in [1.54, 1.807) is 11.8 Å². The smallest absolute Gasteiger partial charge is 0.312 e. The van der Waals surface area contributed by atoms with E-state index in [-0.39, 0.29) is 6.10 Å². The van der Waals surface area contributed by atoms with Gasteiger partial charge in [-0.3, -0.25) is 4.79 Å². The van der Waals surface area contributed by atoms with Gasteiger partial charge in [0.25, 0.3) is 0 Å². The van der Waals surface area contributed by atoms with Crippen LogP contribution in [0.5, 0.6) is 0 Å². The third-order valence-corrected chi connectivity index (χ3v) is 4.69. The van der Waals surface area contributed by atoms with Crippen molar-refractivity contribution in [3.05, 3.63) is 30.3 Å². The molecule has 1 aliphatic heterocycles. The first-order chi connectivity index (χ1) is 8.65. The predicted molar refractivity (Wildman–Crippen MR) is 71.9 cm³/mol. The first kappa shape index (κ1) is 13.4. The van der Waals surface area contributed by atoms with Crippen molar-refractivity contribution >= 4 is 17.7 Å². The van der Waals surface area contributed by atoms with Crippen molar-refractivity contribution in [2.45, 2.75) is 30.8 Å². The maximum Gasteiger partial charge on any atom is 0.312 e. The molecule has 18 heavy (non-hydrogen) atoms. The van der Waals surface area contributed by atoms with Gasteiger partial charge in [0.15, 0.2) is 0 Å². The van der Waals surface area contributed by atoms with Gasteiger partial charge in [0, 0.05) is 11.5 Å². The fourth-order valence-electron chi connectivity index (χ4n) is 2.36. The summed E-state index contributed by atoms with van der Waals surface area (Å²) in [6, 6.07) is 10.1. The normalized spacial score (nSPS) is 27.3. The van der Waals surface area contributed by atoms with Crippen LogP contribution in [0.3, 0.4) is 0 Å². The predicted octanol–water partition coefficient (Wildman–Crippen LogP) is 3.05. The second-order valence-electron chi connectivity index (χ2n) is 4.64. The molecule has 1 heterocycles. The number of carboxylic acids is 1. The summed E-state index contributed by atoms with van der Waals surface area (Å²) < 4.78 is 5.44. The largest absolute Gasteiger partial charge is 0.481 e. The van der Waals surface area contributed by atoms with Crippen molar-refractivity contribution in [2.24, 2.45) is 5.41 Å². The highest BCUT2D eigenvalue weighted by molar-refractivity contribution is 7.99. The lowest BCUT2D eigenvalue weighted by molar-refractivity contribution is -0.152. The minimum Gasteiger partial charge on any atom is -0.481 e. The van der Waals surface area contributed by atoms with Crippen LogP contribution >= 0.6 is 11.8 Å². The van der Waals surface area contributed by atoms with Crippen molar-refractivity contribution < 1.29 is 14.6 Å². The molecule has 0 spiro atoms. The summed E-state index contributed by atoms with van der Waals surface area (Å²) in [4.78, 5) is 12.7. The molecule has 0 saturated carbocycles. The van der Waals surface area contributed by atoms with Crippen LogP contribution < -0.4 is 0 Å². The number of ether oxygens (including phenoxy) is 1. The molecule has 1 aromatic rings. The molecule has 1 aliphatic rings. The van der Waals surface area contributed by atoms with E-state index in [9.17, 15) is 9.90 Å². The summed E-state index contributed by atoms with van der Waals surface area (Å²) in [5.41, 5.74) is -0.693. The second kappa shape index (κ2) is 5.76. The van der Waals surface area contributed by atoms with E-state index in [1.807, 2.05) is 37.3 Å². The summed E-state index contributed by atoms with van der Waals surface area (Å²) in [5, 5.41) is 9.44. The Bertz CT molecular complexity index is 407. The van der Waals surface area contributed by atoms with E-state index in [1.165, 1.54) is 4.90 Å². The number of aliphatic carboxylic acids is 1. The molecule has 0 bridgehead atoms. The van der Waals surface area contributed by atoms with E-state index in [0.29, 0.717) is 19.4 Å². The Balaban J connectivity index is 1.93. The number of hydrogen-bond acceptors (Lipinski definition) is 3. The quantitative estimate of drug-likeness (QED) is 0.832. The molecule has 2 rings (SSSR count). The van der Waals surface area contributed by atoms with E-state index in [2.05, 4.69) is 0 Å². The highest BCUT2D eigenvalue weighted by Crippen LogP contribution is 2.40.